The van der Waals surface area contributed by atoms with Crippen LogP contribution in [-0.4, -0.2) is 93.0 Å². The number of hydrogen-bond acceptors (Lipinski definition) is 13. The fraction of sp³-hybridized carbons (Fsp3) is 0.522. The molecule has 0 spiro atoms. The van der Waals surface area contributed by atoms with Crippen LogP contribution >= 0.6 is 0 Å². The quantitative estimate of drug-likeness (QED) is 0.188. The van der Waals surface area contributed by atoms with Crippen molar-refractivity contribution < 1.29 is 43.1 Å². The second-order valence-corrected chi connectivity index (χ2v) is 9.82. The van der Waals surface area contributed by atoms with Gasteiger partial charge in [0.15, 0.2) is 6.10 Å². The predicted octanol–water partition coefficient (Wildman–Crippen LogP) is -1.85. The topological polar surface area (TPSA) is 238 Å². The lowest BCUT2D eigenvalue weighted by Crippen LogP contribution is -2.41. The number of carbonyl (C=O) groups excluding carboxylic acids is 1. The highest BCUT2D eigenvalue weighted by atomic mass is 19.3. The Balaban J connectivity index is 1.19. The molecule has 0 bridgehead atoms. The summed E-state index contributed by atoms with van der Waals surface area (Å²) >= 11 is 0. The van der Waals surface area contributed by atoms with Crippen LogP contribution in [0.5, 0.6) is 0 Å². The number of carbonyl (C=O) groups is 1. The first-order chi connectivity index (χ1) is 20.4. The van der Waals surface area contributed by atoms with Gasteiger partial charge >= 0.3 is 23.4 Å². The number of rotatable bonds is 8. The Kier molecular flexibility index (Phi) is 8.21. The van der Waals surface area contributed by atoms with E-state index in [1.807, 2.05) is 0 Å². The van der Waals surface area contributed by atoms with Crippen molar-refractivity contribution in [3.63, 3.8) is 0 Å². The SMILES string of the molecule is Cc1cn([C@H]2C[C@H](n3cc(COC(=O)Nc4ccn([C@@H]5O[C@H](CO)[C@@H](O)C5(F)F)c(=O)n4)nn3)[C@@H](CO)O2)c(=O)[nH]c1=O. The third-order valence-corrected chi connectivity index (χ3v) is 6.96. The normalized spacial score (nSPS) is 26.5. The van der Waals surface area contributed by atoms with E-state index in [4.69, 9.17) is 19.3 Å². The standard InChI is InChI=1S/C23H26F2N8O10/c1-10-5-32(21(39)28-18(10)37)16-4-12(13(7-34)42-16)33-6-11(29-30-33)9-41-22(40)27-15-2-3-31(20(38)26-15)19-23(24,25)17(36)14(8-35)43-19/h2-3,5-6,12-14,16-17,19,34-36H,4,7-9H2,1H3,(H,28,37,39)(H,26,27,38,40)/t12-,13+,14+,16+,17+,19+/m0/s1. The van der Waals surface area contributed by atoms with Gasteiger partial charge in [-0.2, -0.15) is 13.8 Å². The zero-order valence-corrected chi connectivity index (χ0v) is 22.2. The van der Waals surface area contributed by atoms with Crippen LogP contribution in [0.25, 0.3) is 0 Å². The molecular weight excluding hydrogens is 586 g/mol. The maximum absolute atomic E-state index is 14.3. The van der Waals surface area contributed by atoms with Crippen molar-refractivity contribution in [1.82, 2.24) is 34.1 Å². The Bertz CT molecular complexity index is 1670. The summed E-state index contributed by atoms with van der Waals surface area (Å²) in [5.74, 6) is -4.23. The van der Waals surface area contributed by atoms with Crippen LogP contribution in [0.15, 0.2) is 39.0 Å². The first-order valence-corrected chi connectivity index (χ1v) is 12.8. The van der Waals surface area contributed by atoms with Gasteiger partial charge in [0.2, 0.25) is 6.23 Å². The summed E-state index contributed by atoms with van der Waals surface area (Å²) in [6.07, 6.45) is -4.98. The molecule has 0 aromatic carbocycles. The number of halogens is 2. The molecule has 5 rings (SSSR count). The van der Waals surface area contributed by atoms with E-state index in [2.05, 4.69) is 25.6 Å². The lowest BCUT2D eigenvalue weighted by atomic mass is 10.1. The minimum atomic E-state index is -3.90. The number of hydrogen-bond donors (Lipinski definition) is 5. The van der Waals surface area contributed by atoms with Crippen molar-refractivity contribution in [2.24, 2.45) is 0 Å². The van der Waals surface area contributed by atoms with Gasteiger partial charge in [-0.1, -0.05) is 5.21 Å². The molecule has 2 aliphatic rings. The largest absolute Gasteiger partial charge is 0.443 e. The van der Waals surface area contributed by atoms with Crippen LogP contribution in [0.1, 0.15) is 36.2 Å². The summed E-state index contributed by atoms with van der Waals surface area (Å²) in [4.78, 5) is 54.2. The van der Waals surface area contributed by atoms with Crippen molar-refractivity contribution >= 4 is 11.9 Å². The first kappa shape index (κ1) is 30.1. The third kappa shape index (κ3) is 5.82. The highest BCUT2D eigenvalue weighted by Gasteiger charge is 2.59. The number of aromatic amines is 1. The molecule has 0 aliphatic carbocycles. The van der Waals surface area contributed by atoms with Crippen LogP contribution < -0.4 is 22.3 Å². The Morgan fingerprint density at radius 1 is 1.19 bits per heavy atom. The van der Waals surface area contributed by atoms with Crippen molar-refractivity contribution in [1.29, 1.82) is 0 Å². The number of aliphatic hydroxyl groups is 3. The van der Waals surface area contributed by atoms with Crippen molar-refractivity contribution in [2.75, 3.05) is 18.5 Å². The molecule has 1 amide bonds. The second kappa shape index (κ2) is 11.7. The maximum Gasteiger partial charge on any atom is 0.413 e. The number of ether oxygens (including phenoxy) is 3. The third-order valence-electron chi connectivity index (χ3n) is 6.96. The van der Waals surface area contributed by atoms with Gasteiger partial charge in [-0.15, -0.1) is 5.10 Å². The van der Waals surface area contributed by atoms with Crippen LogP contribution in [0, 0.1) is 6.92 Å². The Morgan fingerprint density at radius 2 is 1.93 bits per heavy atom. The summed E-state index contributed by atoms with van der Waals surface area (Å²) in [5.41, 5.74) is -1.95. The summed E-state index contributed by atoms with van der Waals surface area (Å²) in [6, 6.07) is 0.461. The van der Waals surface area contributed by atoms with E-state index in [1.54, 1.807) is 0 Å². The zero-order chi connectivity index (χ0) is 31.1. The number of aromatic nitrogens is 7. The molecule has 2 saturated heterocycles. The molecule has 2 fully saturated rings. The average molecular weight is 613 g/mol. The van der Waals surface area contributed by atoms with Crippen molar-refractivity contribution in [2.45, 2.75) is 62.7 Å². The van der Waals surface area contributed by atoms with Crippen LogP contribution in [0.2, 0.25) is 0 Å². The van der Waals surface area contributed by atoms with E-state index in [0.29, 0.717) is 10.1 Å². The van der Waals surface area contributed by atoms with E-state index in [0.717, 1.165) is 12.3 Å². The summed E-state index contributed by atoms with van der Waals surface area (Å²) < 4.78 is 47.4. The molecule has 6 atom stereocenters. The van der Waals surface area contributed by atoms with E-state index in [-0.39, 0.29) is 24.5 Å². The highest BCUT2D eigenvalue weighted by Crippen LogP contribution is 2.42. The number of alkyl halides is 2. The van der Waals surface area contributed by atoms with Gasteiger partial charge < -0.3 is 29.5 Å². The molecule has 3 aromatic rings. The number of anilines is 1. The van der Waals surface area contributed by atoms with Gasteiger partial charge in [0, 0.05) is 24.4 Å². The van der Waals surface area contributed by atoms with Crippen LogP contribution in [-0.2, 0) is 20.8 Å². The Morgan fingerprint density at radius 3 is 2.60 bits per heavy atom. The lowest BCUT2D eigenvalue weighted by Gasteiger charge is -2.21. The molecule has 2 aliphatic heterocycles. The molecule has 3 aromatic heterocycles. The summed E-state index contributed by atoms with van der Waals surface area (Å²) in [5, 5.41) is 38.6. The molecule has 18 nitrogen and oxygen atoms in total. The molecule has 232 valence electrons. The molecule has 20 heteroatoms. The molecule has 43 heavy (non-hydrogen) atoms. The molecule has 0 radical (unpaired) electrons. The molecule has 0 saturated carbocycles. The Labute approximate surface area is 238 Å². The van der Waals surface area contributed by atoms with Gasteiger partial charge in [-0.25, -0.2) is 19.1 Å². The minimum Gasteiger partial charge on any atom is -0.443 e. The first-order valence-electron chi connectivity index (χ1n) is 12.8. The van der Waals surface area contributed by atoms with Crippen molar-refractivity contribution in [3.05, 3.63) is 67.2 Å². The van der Waals surface area contributed by atoms with Gasteiger partial charge in [-0.3, -0.25) is 24.2 Å². The summed E-state index contributed by atoms with van der Waals surface area (Å²) in [7, 11) is 0. The number of nitrogens with one attached hydrogen (secondary N) is 2. The van der Waals surface area contributed by atoms with E-state index in [1.165, 1.54) is 28.6 Å². The van der Waals surface area contributed by atoms with Gasteiger partial charge in [0.25, 0.3) is 5.56 Å². The second-order valence-electron chi connectivity index (χ2n) is 9.82. The summed E-state index contributed by atoms with van der Waals surface area (Å²) in [6.45, 7) is -0.166. The van der Waals surface area contributed by atoms with Gasteiger partial charge in [0.05, 0.1) is 25.5 Å². The smallest absolute Gasteiger partial charge is 0.413 e. The van der Waals surface area contributed by atoms with Gasteiger partial charge in [-0.05, 0) is 13.0 Å². The van der Waals surface area contributed by atoms with Crippen LogP contribution in [0.3, 0.4) is 0 Å². The number of amides is 1. The predicted molar refractivity (Wildman–Crippen MR) is 135 cm³/mol. The van der Waals surface area contributed by atoms with E-state index in [9.17, 15) is 38.2 Å². The van der Waals surface area contributed by atoms with E-state index < -0.39 is 79.0 Å². The van der Waals surface area contributed by atoms with E-state index >= 15 is 0 Å². The molecule has 5 N–H and O–H groups in total. The fourth-order valence-electron chi connectivity index (χ4n) is 4.73. The average Bonchev–Trinajstić information content (AvgIpc) is 3.66. The lowest BCUT2D eigenvalue weighted by molar-refractivity contribution is -0.140. The van der Waals surface area contributed by atoms with Crippen molar-refractivity contribution in [3.8, 4) is 0 Å². The van der Waals surface area contributed by atoms with Crippen LogP contribution in [0.4, 0.5) is 19.4 Å². The molecule has 5 heterocycles. The molecule has 0 unspecified atom stereocenters. The zero-order valence-electron chi connectivity index (χ0n) is 22.2. The monoisotopic (exact) mass is 612 g/mol. The number of aliphatic hydroxyl groups excluding tert-OH is 3. The number of nitrogens with zero attached hydrogens (tertiary/aromatic N) is 6. The number of H-pyrrole nitrogens is 1. The maximum atomic E-state index is 14.3. The Hall–Kier alpha value is -4.37. The minimum absolute atomic E-state index is 0.188. The number of aryl methyl sites for hydroxylation is 1. The molecular formula is C23H26F2N8O10. The fourth-order valence-corrected chi connectivity index (χ4v) is 4.73. The highest BCUT2D eigenvalue weighted by molar-refractivity contribution is 5.83. The van der Waals surface area contributed by atoms with Gasteiger partial charge in [0.1, 0.15) is 36.6 Å².